The number of aryl methyl sites for hydroxylation is 1. The Labute approximate surface area is 123 Å². The van der Waals surface area contributed by atoms with Gasteiger partial charge in [0.2, 0.25) is 6.10 Å². The van der Waals surface area contributed by atoms with E-state index in [0.717, 1.165) is 11.1 Å². The molecule has 1 N–H and O–H groups in total. The minimum atomic E-state index is -0.607. The van der Waals surface area contributed by atoms with E-state index in [9.17, 15) is 4.79 Å². The lowest BCUT2D eigenvalue weighted by molar-refractivity contribution is -0.130. The van der Waals surface area contributed by atoms with Crippen molar-refractivity contribution in [2.45, 2.75) is 19.6 Å². The zero-order chi connectivity index (χ0) is 14.7. The van der Waals surface area contributed by atoms with Crippen LogP contribution >= 0.6 is 0 Å². The summed E-state index contributed by atoms with van der Waals surface area (Å²) in [6.45, 7) is 2.75. The van der Waals surface area contributed by atoms with Crippen molar-refractivity contribution in [1.82, 2.24) is 5.32 Å². The van der Waals surface area contributed by atoms with Gasteiger partial charge in [0.05, 0.1) is 0 Å². The molecule has 0 unspecified atom stereocenters. The molecule has 0 bridgehead atoms. The standard InChI is InChI=1S/C17H17NO3/c1-12-6-2-3-7-13(12)10-18-17(19)16-11-20-14-8-4-5-9-15(14)21-16/h2-9,16H,10-11H2,1H3,(H,18,19)/t16-/m0/s1. The van der Waals surface area contributed by atoms with E-state index >= 15 is 0 Å². The summed E-state index contributed by atoms with van der Waals surface area (Å²) in [5.74, 6) is 1.13. The van der Waals surface area contributed by atoms with Crippen molar-refractivity contribution in [3.05, 3.63) is 59.7 Å². The van der Waals surface area contributed by atoms with Gasteiger partial charge in [-0.25, -0.2) is 0 Å². The van der Waals surface area contributed by atoms with E-state index in [-0.39, 0.29) is 12.5 Å². The Morgan fingerprint density at radius 2 is 1.86 bits per heavy atom. The highest BCUT2D eigenvalue weighted by atomic mass is 16.6. The van der Waals surface area contributed by atoms with Gasteiger partial charge in [-0.15, -0.1) is 0 Å². The van der Waals surface area contributed by atoms with Gasteiger partial charge in [-0.1, -0.05) is 36.4 Å². The van der Waals surface area contributed by atoms with Crippen molar-refractivity contribution >= 4 is 5.91 Å². The summed E-state index contributed by atoms with van der Waals surface area (Å²) in [5.41, 5.74) is 2.26. The van der Waals surface area contributed by atoms with Gasteiger partial charge in [0.25, 0.3) is 5.91 Å². The van der Waals surface area contributed by atoms with E-state index in [2.05, 4.69) is 5.32 Å². The summed E-state index contributed by atoms with van der Waals surface area (Å²) in [5, 5.41) is 2.90. The number of ether oxygens (including phenoxy) is 2. The van der Waals surface area contributed by atoms with Crippen LogP contribution in [-0.2, 0) is 11.3 Å². The number of hydrogen-bond acceptors (Lipinski definition) is 3. The van der Waals surface area contributed by atoms with Crippen LogP contribution in [0, 0.1) is 6.92 Å². The molecule has 0 fully saturated rings. The van der Waals surface area contributed by atoms with E-state index in [1.165, 1.54) is 0 Å². The molecular formula is C17H17NO3. The summed E-state index contributed by atoms with van der Waals surface area (Å²) >= 11 is 0. The number of carbonyl (C=O) groups is 1. The number of amides is 1. The van der Waals surface area contributed by atoms with E-state index in [1.807, 2.05) is 49.4 Å². The van der Waals surface area contributed by atoms with Crippen molar-refractivity contribution in [2.75, 3.05) is 6.61 Å². The first-order chi connectivity index (χ1) is 10.2. The van der Waals surface area contributed by atoms with E-state index in [4.69, 9.17) is 9.47 Å². The van der Waals surface area contributed by atoms with E-state index in [0.29, 0.717) is 18.0 Å². The molecule has 0 radical (unpaired) electrons. The minimum absolute atomic E-state index is 0.159. The molecule has 4 heteroatoms. The Kier molecular flexibility index (Phi) is 3.77. The smallest absolute Gasteiger partial charge is 0.264 e. The van der Waals surface area contributed by atoms with Crippen LogP contribution in [0.5, 0.6) is 11.5 Å². The summed E-state index contributed by atoms with van der Waals surface area (Å²) in [7, 11) is 0. The monoisotopic (exact) mass is 283 g/mol. The van der Waals surface area contributed by atoms with Crippen LogP contribution in [-0.4, -0.2) is 18.6 Å². The summed E-state index contributed by atoms with van der Waals surface area (Å²) in [4.78, 5) is 12.2. The lowest BCUT2D eigenvalue weighted by Crippen LogP contribution is -2.43. The molecule has 2 aromatic rings. The minimum Gasteiger partial charge on any atom is -0.485 e. The third-order valence-electron chi connectivity index (χ3n) is 3.52. The van der Waals surface area contributed by atoms with Gasteiger partial charge in [0.15, 0.2) is 11.5 Å². The SMILES string of the molecule is Cc1ccccc1CNC(=O)[C@@H]1COc2ccccc2O1. The summed E-state index contributed by atoms with van der Waals surface area (Å²) in [6.07, 6.45) is -0.607. The number of nitrogens with one attached hydrogen (secondary N) is 1. The van der Waals surface area contributed by atoms with E-state index < -0.39 is 6.10 Å². The Morgan fingerprint density at radius 3 is 2.67 bits per heavy atom. The normalized spacial score (nSPS) is 16.3. The van der Waals surface area contributed by atoms with Crippen LogP contribution in [0.4, 0.5) is 0 Å². The van der Waals surface area contributed by atoms with Gasteiger partial charge in [-0.05, 0) is 30.2 Å². The molecule has 1 heterocycles. The average molecular weight is 283 g/mol. The molecule has 0 spiro atoms. The van der Waals surface area contributed by atoms with Crippen LogP contribution < -0.4 is 14.8 Å². The van der Waals surface area contributed by atoms with Gasteiger partial charge < -0.3 is 14.8 Å². The lowest BCUT2D eigenvalue weighted by Gasteiger charge is -2.25. The Balaban J connectivity index is 1.61. The Morgan fingerprint density at radius 1 is 1.14 bits per heavy atom. The number of hydrogen-bond donors (Lipinski definition) is 1. The van der Waals surface area contributed by atoms with Gasteiger partial charge in [-0.2, -0.15) is 0 Å². The van der Waals surface area contributed by atoms with Crippen LogP contribution in [0.25, 0.3) is 0 Å². The third kappa shape index (κ3) is 2.99. The van der Waals surface area contributed by atoms with Crippen LogP contribution in [0.15, 0.2) is 48.5 Å². The van der Waals surface area contributed by atoms with Gasteiger partial charge >= 0.3 is 0 Å². The van der Waals surface area contributed by atoms with Crippen molar-refractivity contribution in [2.24, 2.45) is 0 Å². The first-order valence-electron chi connectivity index (χ1n) is 6.95. The fraction of sp³-hybridized carbons (Fsp3) is 0.235. The van der Waals surface area contributed by atoms with Crippen LogP contribution in [0.3, 0.4) is 0 Å². The molecule has 21 heavy (non-hydrogen) atoms. The van der Waals surface area contributed by atoms with Crippen LogP contribution in [0.1, 0.15) is 11.1 Å². The largest absolute Gasteiger partial charge is 0.485 e. The van der Waals surface area contributed by atoms with Gasteiger partial charge in [-0.3, -0.25) is 4.79 Å². The Bertz CT molecular complexity index is 654. The first-order valence-corrected chi connectivity index (χ1v) is 6.95. The van der Waals surface area contributed by atoms with Gasteiger partial charge in [0.1, 0.15) is 6.61 Å². The lowest BCUT2D eigenvalue weighted by atomic mass is 10.1. The molecule has 1 aliphatic heterocycles. The number of para-hydroxylation sites is 2. The van der Waals surface area contributed by atoms with Gasteiger partial charge in [0, 0.05) is 6.54 Å². The van der Waals surface area contributed by atoms with Crippen LogP contribution in [0.2, 0.25) is 0 Å². The zero-order valence-corrected chi connectivity index (χ0v) is 11.8. The molecule has 2 aromatic carbocycles. The molecule has 1 amide bonds. The fourth-order valence-electron chi connectivity index (χ4n) is 2.25. The second kappa shape index (κ2) is 5.87. The quantitative estimate of drug-likeness (QED) is 0.941. The zero-order valence-electron chi connectivity index (χ0n) is 11.8. The molecule has 0 aromatic heterocycles. The number of fused-ring (bicyclic) bond motifs is 1. The highest BCUT2D eigenvalue weighted by Crippen LogP contribution is 2.30. The predicted octanol–water partition coefficient (Wildman–Crippen LogP) is 2.45. The number of benzene rings is 2. The topological polar surface area (TPSA) is 47.6 Å². The summed E-state index contributed by atoms with van der Waals surface area (Å²) < 4.78 is 11.2. The van der Waals surface area contributed by atoms with Crippen molar-refractivity contribution < 1.29 is 14.3 Å². The second-order valence-corrected chi connectivity index (χ2v) is 5.01. The molecular weight excluding hydrogens is 266 g/mol. The molecule has 0 saturated heterocycles. The molecule has 1 atom stereocenters. The van der Waals surface area contributed by atoms with Crippen molar-refractivity contribution in [3.63, 3.8) is 0 Å². The maximum absolute atomic E-state index is 12.2. The fourth-order valence-corrected chi connectivity index (χ4v) is 2.25. The Hall–Kier alpha value is -2.49. The first kappa shape index (κ1) is 13.5. The molecule has 3 rings (SSSR count). The second-order valence-electron chi connectivity index (χ2n) is 5.01. The molecule has 108 valence electrons. The maximum atomic E-state index is 12.2. The number of rotatable bonds is 3. The molecule has 1 aliphatic rings. The van der Waals surface area contributed by atoms with Crippen molar-refractivity contribution in [3.8, 4) is 11.5 Å². The summed E-state index contributed by atoms with van der Waals surface area (Å²) in [6, 6.07) is 15.3. The third-order valence-corrected chi connectivity index (χ3v) is 3.52. The highest BCUT2D eigenvalue weighted by molar-refractivity contribution is 5.81. The average Bonchev–Trinajstić information content (AvgIpc) is 2.53. The van der Waals surface area contributed by atoms with E-state index in [1.54, 1.807) is 6.07 Å². The predicted molar refractivity (Wildman–Crippen MR) is 79.4 cm³/mol. The molecule has 0 saturated carbocycles. The highest BCUT2D eigenvalue weighted by Gasteiger charge is 2.26. The van der Waals surface area contributed by atoms with Crippen molar-refractivity contribution in [1.29, 1.82) is 0 Å². The molecule has 4 nitrogen and oxygen atoms in total. The maximum Gasteiger partial charge on any atom is 0.264 e. The molecule has 0 aliphatic carbocycles. The number of carbonyl (C=O) groups excluding carboxylic acids is 1.